The van der Waals surface area contributed by atoms with E-state index >= 15 is 0 Å². The van der Waals surface area contributed by atoms with Crippen LogP contribution >= 0.6 is 15.9 Å². The summed E-state index contributed by atoms with van der Waals surface area (Å²) in [6.07, 6.45) is 3.21. The van der Waals surface area contributed by atoms with Crippen LogP contribution in [0.25, 0.3) is 0 Å². The molecule has 1 aliphatic carbocycles. The van der Waals surface area contributed by atoms with Crippen LogP contribution in [0, 0.1) is 5.92 Å². The van der Waals surface area contributed by atoms with E-state index in [4.69, 9.17) is 4.74 Å². The molecule has 1 aliphatic rings. The summed E-state index contributed by atoms with van der Waals surface area (Å²) in [7, 11) is 1.64. The van der Waals surface area contributed by atoms with Crippen LogP contribution in [0.1, 0.15) is 17.9 Å². The van der Waals surface area contributed by atoms with Gasteiger partial charge in [-0.15, -0.1) is 0 Å². The molecule has 1 aromatic heterocycles. The van der Waals surface area contributed by atoms with Crippen LogP contribution in [0.3, 0.4) is 0 Å². The summed E-state index contributed by atoms with van der Waals surface area (Å²) in [5.74, 6) is 2.23. The van der Waals surface area contributed by atoms with Gasteiger partial charge in [0.1, 0.15) is 0 Å². The third-order valence-electron chi connectivity index (χ3n) is 2.52. The average molecular weight is 242 g/mol. The Morgan fingerprint density at radius 3 is 2.92 bits per heavy atom. The fourth-order valence-corrected chi connectivity index (χ4v) is 2.27. The van der Waals surface area contributed by atoms with Crippen molar-refractivity contribution in [2.24, 2.45) is 5.92 Å². The van der Waals surface area contributed by atoms with Crippen molar-refractivity contribution in [3.05, 3.63) is 23.9 Å². The second kappa shape index (κ2) is 3.66. The van der Waals surface area contributed by atoms with Crippen molar-refractivity contribution >= 4 is 15.9 Å². The van der Waals surface area contributed by atoms with Crippen molar-refractivity contribution in [3.63, 3.8) is 0 Å². The molecule has 1 saturated carbocycles. The SMILES string of the molecule is COc1ccc(C2CC2CBr)cn1. The summed E-state index contributed by atoms with van der Waals surface area (Å²) in [4.78, 5) is 4.19. The van der Waals surface area contributed by atoms with Gasteiger partial charge in [-0.1, -0.05) is 22.0 Å². The second-order valence-corrected chi connectivity index (χ2v) is 4.04. The topological polar surface area (TPSA) is 22.1 Å². The van der Waals surface area contributed by atoms with Gasteiger partial charge in [0.15, 0.2) is 0 Å². The van der Waals surface area contributed by atoms with Crippen LogP contribution in [-0.4, -0.2) is 17.4 Å². The molecule has 2 atom stereocenters. The zero-order valence-corrected chi connectivity index (χ0v) is 9.12. The van der Waals surface area contributed by atoms with Crippen LogP contribution in [0.4, 0.5) is 0 Å². The minimum atomic E-state index is 0.694. The maximum atomic E-state index is 5.00. The standard InChI is InChI=1S/C10H12BrNO/c1-13-10-3-2-7(6-12-10)9-4-8(9)5-11/h2-3,6,8-9H,4-5H2,1H3. The van der Waals surface area contributed by atoms with E-state index in [1.54, 1.807) is 7.11 Å². The number of hydrogen-bond donors (Lipinski definition) is 0. The van der Waals surface area contributed by atoms with Gasteiger partial charge in [-0.2, -0.15) is 0 Å². The molecule has 0 radical (unpaired) electrons. The number of alkyl halides is 1. The van der Waals surface area contributed by atoms with Gasteiger partial charge in [-0.3, -0.25) is 0 Å². The molecule has 0 amide bonds. The molecule has 1 fully saturated rings. The van der Waals surface area contributed by atoms with Crippen LogP contribution in [-0.2, 0) is 0 Å². The van der Waals surface area contributed by atoms with Gasteiger partial charge in [-0.25, -0.2) is 4.98 Å². The largest absolute Gasteiger partial charge is 0.481 e. The van der Waals surface area contributed by atoms with E-state index in [0.29, 0.717) is 5.88 Å². The van der Waals surface area contributed by atoms with E-state index in [1.807, 2.05) is 12.3 Å². The number of pyridine rings is 1. The van der Waals surface area contributed by atoms with Crippen molar-refractivity contribution in [1.29, 1.82) is 0 Å². The van der Waals surface area contributed by atoms with Gasteiger partial charge in [0, 0.05) is 17.6 Å². The summed E-state index contributed by atoms with van der Waals surface area (Å²) in [5, 5.41) is 1.10. The van der Waals surface area contributed by atoms with E-state index in [9.17, 15) is 0 Å². The molecular formula is C10H12BrNO. The molecule has 2 unspecified atom stereocenters. The highest BCUT2D eigenvalue weighted by Crippen LogP contribution is 2.48. The maximum Gasteiger partial charge on any atom is 0.212 e. The van der Waals surface area contributed by atoms with E-state index in [2.05, 4.69) is 27.0 Å². The minimum Gasteiger partial charge on any atom is -0.481 e. The third-order valence-corrected chi connectivity index (χ3v) is 3.35. The van der Waals surface area contributed by atoms with Crippen molar-refractivity contribution in [1.82, 2.24) is 4.98 Å². The minimum absolute atomic E-state index is 0.694. The van der Waals surface area contributed by atoms with Crippen LogP contribution in [0.5, 0.6) is 5.88 Å². The average Bonchev–Trinajstić information content (AvgIpc) is 2.97. The monoisotopic (exact) mass is 241 g/mol. The lowest BCUT2D eigenvalue weighted by Crippen LogP contribution is -1.89. The molecule has 2 nitrogen and oxygen atoms in total. The molecule has 0 aromatic carbocycles. The van der Waals surface area contributed by atoms with Gasteiger partial charge in [0.25, 0.3) is 0 Å². The highest BCUT2D eigenvalue weighted by molar-refractivity contribution is 9.09. The molecule has 0 spiro atoms. The first kappa shape index (κ1) is 9.00. The molecule has 1 aromatic rings. The van der Waals surface area contributed by atoms with Crippen LogP contribution in [0.15, 0.2) is 18.3 Å². The fraction of sp³-hybridized carbons (Fsp3) is 0.500. The molecule has 3 heteroatoms. The van der Waals surface area contributed by atoms with Gasteiger partial charge in [-0.05, 0) is 23.8 Å². The highest BCUT2D eigenvalue weighted by atomic mass is 79.9. The summed E-state index contributed by atoms with van der Waals surface area (Å²) >= 11 is 3.50. The normalized spacial score (nSPS) is 25.7. The quantitative estimate of drug-likeness (QED) is 0.760. The Hall–Kier alpha value is -0.570. The number of halogens is 1. The van der Waals surface area contributed by atoms with E-state index in [1.165, 1.54) is 12.0 Å². The first-order valence-electron chi connectivity index (χ1n) is 4.41. The summed E-state index contributed by atoms with van der Waals surface area (Å²) in [5.41, 5.74) is 1.34. The Balaban J connectivity index is 2.07. The van der Waals surface area contributed by atoms with Gasteiger partial charge in [0.05, 0.1) is 7.11 Å². The Kier molecular flexibility index (Phi) is 2.54. The predicted molar refractivity (Wildman–Crippen MR) is 55.4 cm³/mol. The number of hydrogen-bond acceptors (Lipinski definition) is 2. The smallest absolute Gasteiger partial charge is 0.212 e. The first-order chi connectivity index (χ1) is 6.35. The molecule has 13 heavy (non-hydrogen) atoms. The second-order valence-electron chi connectivity index (χ2n) is 3.39. The molecule has 0 aliphatic heterocycles. The van der Waals surface area contributed by atoms with Crippen LogP contribution in [0.2, 0.25) is 0 Å². The Morgan fingerprint density at radius 1 is 1.62 bits per heavy atom. The van der Waals surface area contributed by atoms with Gasteiger partial charge >= 0.3 is 0 Å². The lowest BCUT2D eigenvalue weighted by atomic mass is 10.1. The number of methoxy groups -OCH3 is 1. The number of nitrogens with zero attached hydrogens (tertiary/aromatic N) is 1. The number of ether oxygens (including phenoxy) is 1. The van der Waals surface area contributed by atoms with Crippen molar-refractivity contribution in [3.8, 4) is 5.88 Å². The summed E-state index contributed by atoms with van der Waals surface area (Å²) in [6.45, 7) is 0. The van der Waals surface area contributed by atoms with Gasteiger partial charge < -0.3 is 4.74 Å². The maximum absolute atomic E-state index is 5.00. The van der Waals surface area contributed by atoms with Crippen LogP contribution < -0.4 is 4.74 Å². The molecule has 2 rings (SSSR count). The predicted octanol–water partition coefficient (Wildman–Crippen LogP) is 2.59. The van der Waals surface area contributed by atoms with Crippen molar-refractivity contribution in [2.75, 3.05) is 12.4 Å². The van der Waals surface area contributed by atoms with E-state index < -0.39 is 0 Å². The Morgan fingerprint density at radius 2 is 2.46 bits per heavy atom. The van der Waals surface area contributed by atoms with E-state index in [0.717, 1.165) is 17.2 Å². The third kappa shape index (κ3) is 1.85. The number of aromatic nitrogens is 1. The van der Waals surface area contributed by atoms with Gasteiger partial charge in [0.2, 0.25) is 5.88 Å². The molecule has 1 heterocycles. The van der Waals surface area contributed by atoms with Crippen molar-refractivity contribution < 1.29 is 4.74 Å². The van der Waals surface area contributed by atoms with Crippen molar-refractivity contribution in [2.45, 2.75) is 12.3 Å². The fourth-order valence-electron chi connectivity index (χ4n) is 1.56. The molecule has 0 bridgehead atoms. The summed E-state index contributed by atoms with van der Waals surface area (Å²) < 4.78 is 5.00. The van der Waals surface area contributed by atoms with E-state index in [-0.39, 0.29) is 0 Å². The molecular weight excluding hydrogens is 230 g/mol. The lowest BCUT2D eigenvalue weighted by Gasteiger charge is -2.00. The first-order valence-corrected chi connectivity index (χ1v) is 5.53. The molecule has 0 N–H and O–H groups in total. The molecule has 70 valence electrons. The lowest BCUT2D eigenvalue weighted by molar-refractivity contribution is 0.397. The Bertz CT molecular complexity index is 285. The zero-order valence-electron chi connectivity index (χ0n) is 7.53. The zero-order chi connectivity index (χ0) is 9.26. The highest BCUT2D eigenvalue weighted by Gasteiger charge is 2.37. The number of rotatable bonds is 3. The Labute approximate surface area is 86.5 Å². The molecule has 0 saturated heterocycles. The summed E-state index contributed by atoms with van der Waals surface area (Å²) in [6, 6.07) is 4.04.